The molecule has 1 atom stereocenters. The molecule has 0 radical (unpaired) electrons. The highest BCUT2D eigenvalue weighted by Crippen LogP contribution is 2.21. The fraction of sp³-hybridized carbons (Fsp3) is 0.357. The molecule has 0 saturated carbocycles. The van der Waals surface area contributed by atoms with Crippen LogP contribution in [0.3, 0.4) is 0 Å². The Morgan fingerprint density at radius 1 is 1.44 bits per heavy atom. The number of hydrogen-bond donors (Lipinski definition) is 1. The molecule has 1 N–H and O–H groups in total. The quantitative estimate of drug-likeness (QED) is 0.898. The molecule has 0 bridgehead atoms. The van der Waals surface area contributed by atoms with Gasteiger partial charge in [-0.2, -0.15) is 0 Å². The van der Waals surface area contributed by atoms with Gasteiger partial charge >= 0.3 is 5.97 Å². The van der Waals surface area contributed by atoms with E-state index in [1.807, 2.05) is 31.1 Å². The number of para-hydroxylation sites is 1. The number of carbonyl (C=O) groups is 1. The van der Waals surface area contributed by atoms with Crippen LogP contribution in [0, 0.1) is 0 Å². The average molecular weight is 246 g/mol. The van der Waals surface area contributed by atoms with Crippen LogP contribution in [-0.2, 0) is 18.4 Å². The highest BCUT2D eigenvalue weighted by atomic mass is 16.4. The smallest absolute Gasteiger partial charge is 0.320 e. The largest absolute Gasteiger partial charge is 0.480 e. The molecular weight excluding hydrogens is 228 g/mol. The first-order chi connectivity index (χ1) is 8.50. The van der Waals surface area contributed by atoms with Crippen LogP contribution in [-0.4, -0.2) is 33.6 Å². The molecule has 0 aliphatic carbocycles. The normalized spacial score (nSPS) is 13.1. The van der Waals surface area contributed by atoms with E-state index in [2.05, 4.69) is 22.9 Å². The summed E-state index contributed by atoms with van der Waals surface area (Å²) in [4.78, 5) is 12.8. The summed E-state index contributed by atoms with van der Waals surface area (Å²) in [5.74, 6) is -0.794. The van der Waals surface area contributed by atoms with Crippen LogP contribution in [0.25, 0.3) is 10.9 Å². The van der Waals surface area contributed by atoms with Gasteiger partial charge in [0.25, 0.3) is 0 Å². The van der Waals surface area contributed by atoms with Crippen molar-refractivity contribution < 1.29 is 9.90 Å². The van der Waals surface area contributed by atoms with Crippen LogP contribution in [0.5, 0.6) is 0 Å². The number of carboxylic acid groups (broad SMARTS) is 1. The highest BCUT2D eigenvalue weighted by Gasteiger charge is 2.18. The first-order valence-electron chi connectivity index (χ1n) is 5.96. The second kappa shape index (κ2) is 4.82. The molecule has 0 saturated heterocycles. The van der Waals surface area contributed by atoms with Crippen molar-refractivity contribution in [3.05, 3.63) is 36.0 Å². The van der Waals surface area contributed by atoms with E-state index in [0.29, 0.717) is 6.54 Å². The van der Waals surface area contributed by atoms with Gasteiger partial charge in [0.1, 0.15) is 6.04 Å². The molecule has 1 unspecified atom stereocenters. The van der Waals surface area contributed by atoms with Crippen molar-refractivity contribution in [1.29, 1.82) is 0 Å². The van der Waals surface area contributed by atoms with Crippen molar-refractivity contribution in [2.45, 2.75) is 19.5 Å². The molecule has 2 rings (SSSR count). The summed E-state index contributed by atoms with van der Waals surface area (Å²) < 4.78 is 2.07. The Kier molecular flexibility index (Phi) is 3.39. The molecule has 96 valence electrons. The first-order valence-corrected chi connectivity index (χ1v) is 5.96. The third kappa shape index (κ3) is 2.24. The van der Waals surface area contributed by atoms with Crippen molar-refractivity contribution in [3.8, 4) is 0 Å². The zero-order valence-electron chi connectivity index (χ0n) is 10.9. The highest BCUT2D eigenvalue weighted by molar-refractivity contribution is 5.83. The molecule has 1 heterocycles. The van der Waals surface area contributed by atoms with E-state index in [4.69, 9.17) is 5.11 Å². The van der Waals surface area contributed by atoms with Gasteiger partial charge in [-0.25, -0.2) is 0 Å². The van der Waals surface area contributed by atoms with Gasteiger partial charge in [0.05, 0.1) is 0 Å². The second-order valence-electron chi connectivity index (χ2n) is 4.71. The third-order valence-electron chi connectivity index (χ3n) is 3.42. The number of carboxylic acids is 1. The summed E-state index contributed by atoms with van der Waals surface area (Å²) in [6.07, 6.45) is 2.07. The summed E-state index contributed by atoms with van der Waals surface area (Å²) >= 11 is 0. The maximum absolute atomic E-state index is 11.0. The molecular formula is C14H18N2O2. The van der Waals surface area contributed by atoms with E-state index in [0.717, 1.165) is 5.56 Å². The molecule has 18 heavy (non-hydrogen) atoms. The van der Waals surface area contributed by atoms with E-state index in [-0.39, 0.29) is 0 Å². The average Bonchev–Trinajstić information content (AvgIpc) is 2.66. The lowest BCUT2D eigenvalue weighted by Gasteiger charge is -2.20. The predicted molar refractivity (Wildman–Crippen MR) is 71.5 cm³/mol. The number of aromatic nitrogens is 1. The Morgan fingerprint density at radius 3 is 2.78 bits per heavy atom. The minimum absolute atomic E-state index is 0.482. The van der Waals surface area contributed by atoms with Gasteiger partial charge < -0.3 is 9.67 Å². The van der Waals surface area contributed by atoms with Crippen LogP contribution >= 0.6 is 0 Å². The topological polar surface area (TPSA) is 45.5 Å². The summed E-state index contributed by atoms with van der Waals surface area (Å²) in [6, 6.07) is 7.68. The van der Waals surface area contributed by atoms with Crippen molar-refractivity contribution in [3.63, 3.8) is 0 Å². The molecule has 0 spiro atoms. The van der Waals surface area contributed by atoms with Crippen molar-refractivity contribution in [2.24, 2.45) is 7.05 Å². The van der Waals surface area contributed by atoms with Gasteiger partial charge in [0.2, 0.25) is 0 Å². The number of aryl methyl sites for hydroxylation is 1. The number of benzene rings is 1. The Morgan fingerprint density at radius 2 is 2.11 bits per heavy atom. The Balaban J connectivity index is 2.30. The Hall–Kier alpha value is -1.81. The van der Waals surface area contributed by atoms with Gasteiger partial charge in [-0.1, -0.05) is 18.2 Å². The maximum atomic E-state index is 11.0. The lowest BCUT2D eigenvalue weighted by Crippen LogP contribution is -2.35. The van der Waals surface area contributed by atoms with E-state index >= 15 is 0 Å². The molecule has 4 heteroatoms. The van der Waals surface area contributed by atoms with Crippen molar-refractivity contribution in [2.75, 3.05) is 7.05 Å². The standard InChI is InChI=1S/C14H18N2O2/c1-10(14(17)18)15(2)8-11-9-16(3)13-7-5-4-6-12(11)13/h4-7,9-10H,8H2,1-3H3,(H,17,18). The van der Waals surface area contributed by atoms with Crippen molar-refractivity contribution in [1.82, 2.24) is 9.47 Å². The van der Waals surface area contributed by atoms with Crippen molar-refractivity contribution >= 4 is 16.9 Å². The Labute approximate surface area is 106 Å². The molecule has 1 aromatic carbocycles. The molecule has 0 fully saturated rings. The van der Waals surface area contributed by atoms with E-state index < -0.39 is 12.0 Å². The zero-order chi connectivity index (χ0) is 13.3. The summed E-state index contributed by atoms with van der Waals surface area (Å²) in [5, 5.41) is 10.2. The number of rotatable bonds is 4. The van der Waals surface area contributed by atoms with Crippen LogP contribution < -0.4 is 0 Å². The van der Waals surface area contributed by atoms with Crippen LogP contribution in [0.1, 0.15) is 12.5 Å². The van der Waals surface area contributed by atoms with Gasteiger partial charge in [-0.05, 0) is 25.6 Å². The second-order valence-corrected chi connectivity index (χ2v) is 4.71. The maximum Gasteiger partial charge on any atom is 0.320 e. The third-order valence-corrected chi connectivity index (χ3v) is 3.42. The van der Waals surface area contributed by atoms with Crippen LogP contribution in [0.4, 0.5) is 0 Å². The summed E-state index contributed by atoms with van der Waals surface area (Å²) in [6.45, 7) is 2.34. The van der Waals surface area contributed by atoms with Crippen LogP contribution in [0.15, 0.2) is 30.5 Å². The van der Waals surface area contributed by atoms with Gasteiger partial charge in [-0.15, -0.1) is 0 Å². The van der Waals surface area contributed by atoms with Gasteiger partial charge in [-0.3, -0.25) is 9.69 Å². The van der Waals surface area contributed by atoms with Gasteiger partial charge in [0.15, 0.2) is 0 Å². The fourth-order valence-electron chi connectivity index (χ4n) is 2.15. The van der Waals surface area contributed by atoms with Crippen LogP contribution in [0.2, 0.25) is 0 Å². The molecule has 0 amide bonds. The fourth-order valence-corrected chi connectivity index (χ4v) is 2.15. The molecule has 0 aliphatic rings. The summed E-state index contributed by atoms with van der Waals surface area (Å²) in [7, 11) is 3.84. The number of nitrogens with zero attached hydrogens (tertiary/aromatic N) is 2. The molecule has 2 aromatic rings. The lowest BCUT2D eigenvalue weighted by atomic mass is 10.1. The number of likely N-dealkylation sites (N-methyl/N-ethyl adjacent to an activating group) is 1. The number of fused-ring (bicyclic) bond motifs is 1. The Bertz CT molecular complexity index is 574. The monoisotopic (exact) mass is 246 g/mol. The van der Waals surface area contributed by atoms with Gasteiger partial charge in [0, 0.05) is 30.7 Å². The molecule has 4 nitrogen and oxygen atoms in total. The lowest BCUT2D eigenvalue weighted by molar-refractivity contribution is -0.142. The number of hydrogen-bond acceptors (Lipinski definition) is 2. The molecule has 0 aliphatic heterocycles. The van der Waals surface area contributed by atoms with E-state index in [9.17, 15) is 4.79 Å². The first kappa shape index (κ1) is 12.6. The zero-order valence-corrected chi connectivity index (χ0v) is 10.9. The number of aliphatic carboxylic acids is 1. The van der Waals surface area contributed by atoms with E-state index in [1.165, 1.54) is 10.9 Å². The minimum Gasteiger partial charge on any atom is -0.480 e. The predicted octanol–water partition coefficient (Wildman–Crippen LogP) is 2.08. The minimum atomic E-state index is -0.794. The summed E-state index contributed by atoms with van der Waals surface area (Å²) in [5.41, 5.74) is 2.33. The van der Waals surface area contributed by atoms with E-state index in [1.54, 1.807) is 6.92 Å². The molecule has 1 aromatic heterocycles. The SMILES string of the molecule is CC(C(=O)O)N(C)Cc1cn(C)c2ccccc12.